The van der Waals surface area contributed by atoms with Crippen LogP contribution in [-0.2, 0) is 32.0 Å². The van der Waals surface area contributed by atoms with Crippen molar-refractivity contribution in [2.45, 2.75) is 12.8 Å². The van der Waals surface area contributed by atoms with Gasteiger partial charge in [-0.05, 0) is 35.1 Å². The van der Waals surface area contributed by atoms with Crippen LogP contribution in [0.4, 0.5) is 0 Å². The van der Waals surface area contributed by atoms with E-state index in [4.69, 9.17) is 0 Å². The number of amides is 4. The van der Waals surface area contributed by atoms with Crippen LogP contribution in [0.15, 0.2) is 72.8 Å². The van der Waals surface area contributed by atoms with Crippen LogP contribution in [0.2, 0.25) is 0 Å². The third-order valence-corrected chi connectivity index (χ3v) is 5.29. The van der Waals surface area contributed by atoms with Crippen molar-refractivity contribution in [2.75, 3.05) is 13.1 Å². The topological polar surface area (TPSA) is 74.8 Å². The predicted octanol–water partition coefficient (Wildman–Crippen LogP) is 2.29. The molecule has 2 aliphatic heterocycles. The lowest BCUT2D eigenvalue weighted by Gasteiger charge is -2.14. The van der Waals surface area contributed by atoms with E-state index in [2.05, 4.69) is 0 Å². The maximum Gasteiger partial charge on any atom is 0.253 e. The van der Waals surface area contributed by atoms with Crippen LogP contribution in [0, 0.1) is 0 Å². The molecule has 0 radical (unpaired) electrons. The van der Waals surface area contributed by atoms with Gasteiger partial charge in [-0.2, -0.15) is 0 Å². The molecule has 0 saturated heterocycles. The second-order valence-electron chi connectivity index (χ2n) is 7.22. The quantitative estimate of drug-likeness (QED) is 0.669. The molecule has 2 aromatic rings. The number of rotatable bonds is 7. The highest BCUT2D eigenvalue weighted by molar-refractivity contribution is 6.13. The molecule has 0 fully saturated rings. The minimum Gasteiger partial charge on any atom is -0.275 e. The molecule has 0 aromatic heterocycles. The molecule has 2 aromatic carbocycles. The summed E-state index contributed by atoms with van der Waals surface area (Å²) in [5, 5.41) is 0. The van der Waals surface area contributed by atoms with Gasteiger partial charge in [0.2, 0.25) is 0 Å². The minimum atomic E-state index is -0.258. The lowest BCUT2D eigenvalue weighted by molar-refractivity contribution is -0.138. The summed E-state index contributed by atoms with van der Waals surface area (Å²) < 4.78 is 0. The van der Waals surface area contributed by atoms with Gasteiger partial charge < -0.3 is 0 Å². The number of benzene rings is 2. The Morgan fingerprint density at radius 3 is 1.07 bits per heavy atom. The molecule has 150 valence electrons. The molecule has 4 rings (SSSR count). The Labute approximate surface area is 174 Å². The summed E-state index contributed by atoms with van der Waals surface area (Å²) >= 11 is 0. The van der Waals surface area contributed by atoms with E-state index in [9.17, 15) is 19.2 Å². The SMILES string of the molecule is O=C1C=CC(=O)N1CCc1ccc(-c2ccc(CCN3C(=O)C=CC3=O)cc2)cc1. The van der Waals surface area contributed by atoms with Gasteiger partial charge in [-0.25, -0.2) is 0 Å². The first-order valence-electron chi connectivity index (χ1n) is 9.76. The van der Waals surface area contributed by atoms with Gasteiger partial charge in [0, 0.05) is 37.4 Å². The van der Waals surface area contributed by atoms with Gasteiger partial charge >= 0.3 is 0 Å². The Hall–Kier alpha value is -3.80. The van der Waals surface area contributed by atoms with E-state index in [0.29, 0.717) is 25.9 Å². The Morgan fingerprint density at radius 1 is 0.467 bits per heavy atom. The molecule has 0 unspecified atom stereocenters. The first-order valence-corrected chi connectivity index (χ1v) is 9.76. The van der Waals surface area contributed by atoms with Crippen molar-refractivity contribution < 1.29 is 19.2 Å². The average molecular weight is 400 g/mol. The van der Waals surface area contributed by atoms with E-state index in [-0.39, 0.29) is 23.6 Å². The van der Waals surface area contributed by atoms with Crippen LogP contribution >= 0.6 is 0 Å². The molecule has 6 nitrogen and oxygen atoms in total. The lowest BCUT2D eigenvalue weighted by Crippen LogP contribution is -2.31. The zero-order valence-corrected chi connectivity index (χ0v) is 16.3. The van der Waals surface area contributed by atoms with Crippen molar-refractivity contribution in [3.05, 3.63) is 84.0 Å². The van der Waals surface area contributed by atoms with E-state index in [1.54, 1.807) is 0 Å². The Kier molecular flexibility index (Phi) is 5.39. The zero-order valence-electron chi connectivity index (χ0n) is 16.3. The third kappa shape index (κ3) is 4.12. The number of nitrogens with zero attached hydrogens (tertiary/aromatic N) is 2. The normalized spacial score (nSPS) is 15.7. The van der Waals surface area contributed by atoms with Crippen molar-refractivity contribution in [3.63, 3.8) is 0 Å². The summed E-state index contributed by atoms with van der Waals surface area (Å²) in [5.41, 5.74) is 4.23. The van der Waals surface area contributed by atoms with E-state index in [1.165, 1.54) is 34.1 Å². The van der Waals surface area contributed by atoms with Gasteiger partial charge in [-0.3, -0.25) is 29.0 Å². The molecule has 2 heterocycles. The molecule has 0 atom stereocenters. The molecular weight excluding hydrogens is 380 g/mol. The largest absolute Gasteiger partial charge is 0.275 e. The molecule has 4 amide bonds. The summed E-state index contributed by atoms with van der Waals surface area (Å²) in [4.78, 5) is 48.9. The van der Waals surface area contributed by atoms with Gasteiger partial charge in [0.25, 0.3) is 23.6 Å². The first-order chi connectivity index (χ1) is 14.5. The number of hydrogen-bond acceptors (Lipinski definition) is 4. The maximum absolute atomic E-state index is 11.6. The fourth-order valence-corrected chi connectivity index (χ4v) is 3.51. The van der Waals surface area contributed by atoms with Gasteiger partial charge in [-0.1, -0.05) is 48.5 Å². The van der Waals surface area contributed by atoms with Crippen LogP contribution in [0.3, 0.4) is 0 Å². The zero-order chi connectivity index (χ0) is 21.1. The van der Waals surface area contributed by atoms with Gasteiger partial charge in [0.05, 0.1) is 0 Å². The van der Waals surface area contributed by atoms with E-state index in [0.717, 1.165) is 22.3 Å². The van der Waals surface area contributed by atoms with Crippen LogP contribution in [0.1, 0.15) is 11.1 Å². The molecule has 30 heavy (non-hydrogen) atoms. The third-order valence-electron chi connectivity index (χ3n) is 5.29. The fourth-order valence-electron chi connectivity index (χ4n) is 3.51. The van der Waals surface area contributed by atoms with E-state index in [1.807, 2.05) is 48.5 Å². The lowest BCUT2D eigenvalue weighted by atomic mass is 10.0. The molecule has 0 spiro atoms. The second-order valence-corrected chi connectivity index (χ2v) is 7.22. The Balaban J connectivity index is 1.33. The fraction of sp³-hybridized carbons (Fsp3) is 0.167. The standard InChI is InChI=1S/C24H20N2O4/c27-21-9-10-22(28)25(21)15-13-17-1-5-19(6-2-17)20-7-3-18(4-8-20)14-16-26-23(29)11-12-24(26)30/h1-12H,13-16H2. The molecular formula is C24H20N2O4. The first kappa shape index (κ1) is 19.5. The maximum atomic E-state index is 11.6. The van der Waals surface area contributed by atoms with Crippen molar-refractivity contribution in [3.8, 4) is 11.1 Å². The highest BCUT2D eigenvalue weighted by Crippen LogP contribution is 2.21. The summed E-state index contributed by atoms with van der Waals surface area (Å²) in [6.45, 7) is 0.743. The molecule has 0 bridgehead atoms. The Bertz CT molecular complexity index is 942. The van der Waals surface area contributed by atoms with Crippen molar-refractivity contribution in [1.82, 2.24) is 9.80 Å². The molecule has 6 heteroatoms. The van der Waals surface area contributed by atoms with E-state index < -0.39 is 0 Å². The second kappa shape index (κ2) is 8.29. The summed E-state index contributed by atoms with van der Waals surface area (Å²) in [6, 6.07) is 16.1. The summed E-state index contributed by atoms with van der Waals surface area (Å²) in [6.07, 6.45) is 6.42. The van der Waals surface area contributed by atoms with Crippen LogP contribution < -0.4 is 0 Å². The average Bonchev–Trinajstić information content (AvgIpc) is 3.26. The van der Waals surface area contributed by atoms with Gasteiger partial charge in [-0.15, -0.1) is 0 Å². The monoisotopic (exact) mass is 400 g/mol. The summed E-state index contributed by atoms with van der Waals surface area (Å²) in [7, 11) is 0. The van der Waals surface area contributed by atoms with Crippen LogP contribution in [0.25, 0.3) is 11.1 Å². The predicted molar refractivity (Wildman–Crippen MR) is 111 cm³/mol. The number of imide groups is 2. The smallest absolute Gasteiger partial charge is 0.253 e. The molecule has 0 aliphatic carbocycles. The van der Waals surface area contributed by atoms with Crippen molar-refractivity contribution in [1.29, 1.82) is 0 Å². The van der Waals surface area contributed by atoms with Crippen molar-refractivity contribution in [2.24, 2.45) is 0 Å². The van der Waals surface area contributed by atoms with Crippen LogP contribution in [0.5, 0.6) is 0 Å². The molecule has 0 saturated carbocycles. The minimum absolute atomic E-state index is 0.258. The molecule has 0 N–H and O–H groups in total. The van der Waals surface area contributed by atoms with Crippen LogP contribution in [-0.4, -0.2) is 46.5 Å². The number of hydrogen-bond donors (Lipinski definition) is 0. The van der Waals surface area contributed by atoms with Gasteiger partial charge in [0.15, 0.2) is 0 Å². The van der Waals surface area contributed by atoms with Crippen molar-refractivity contribution >= 4 is 23.6 Å². The van der Waals surface area contributed by atoms with Gasteiger partial charge in [0.1, 0.15) is 0 Å². The molecule has 2 aliphatic rings. The van der Waals surface area contributed by atoms with E-state index >= 15 is 0 Å². The Morgan fingerprint density at radius 2 is 0.767 bits per heavy atom. The summed E-state index contributed by atoms with van der Waals surface area (Å²) in [5.74, 6) is -1.03. The highest BCUT2D eigenvalue weighted by Gasteiger charge is 2.23. The number of carbonyl (C=O) groups is 4. The number of carbonyl (C=O) groups excluding carboxylic acids is 4. The highest BCUT2D eigenvalue weighted by atomic mass is 16.2.